The van der Waals surface area contributed by atoms with Gasteiger partial charge in [-0.05, 0) is 36.0 Å². The van der Waals surface area contributed by atoms with E-state index in [1.807, 2.05) is 6.92 Å². The second kappa shape index (κ2) is 24.3. The summed E-state index contributed by atoms with van der Waals surface area (Å²) in [5, 5.41) is 15.5. The summed E-state index contributed by atoms with van der Waals surface area (Å²) < 4.78 is 15.4. The highest BCUT2D eigenvalue weighted by molar-refractivity contribution is 7.81. The molecule has 38 heavy (non-hydrogen) atoms. The molecule has 5 nitrogen and oxygen atoms in total. The van der Waals surface area contributed by atoms with Gasteiger partial charge in [-0.2, -0.15) is 12.6 Å². The molecule has 0 spiro atoms. The number of carboxylic acids is 1. The fourth-order valence-electron chi connectivity index (χ4n) is 4.61. The maximum Gasteiger partial charge on any atom is 0.346 e. The van der Waals surface area contributed by atoms with Gasteiger partial charge in [-0.15, -0.1) is 12.6 Å². The third-order valence-corrected chi connectivity index (χ3v) is 9.09. The Labute approximate surface area is 244 Å². The third kappa shape index (κ3) is 16.0. The van der Waals surface area contributed by atoms with Crippen molar-refractivity contribution in [3.63, 3.8) is 0 Å². The zero-order valence-corrected chi connectivity index (χ0v) is 27.0. The molecule has 0 radical (unpaired) electrons. The number of benzene rings is 1. The van der Waals surface area contributed by atoms with Crippen LogP contribution in [0.1, 0.15) is 122 Å². The van der Waals surface area contributed by atoms with Gasteiger partial charge in [0.05, 0.1) is 0 Å². The number of aliphatic hydroxyl groups is 1. The van der Waals surface area contributed by atoms with Crippen molar-refractivity contribution < 1.29 is 24.3 Å². The first kappa shape index (κ1) is 37.5. The number of hydrogen-bond acceptors (Lipinski definition) is 6. The van der Waals surface area contributed by atoms with Crippen LogP contribution in [0.5, 0.6) is 0 Å². The molecule has 0 aliphatic heterocycles. The van der Waals surface area contributed by atoms with Crippen LogP contribution in [0.4, 0.5) is 0 Å². The second-order valence-electron chi connectivity index (χ2n) is 10.2. The summed E-state index contributed by atoms with van der Waals surface area (Å²) in [6.45, 7) is 6.71. The van der Waals surface area contributed by atoms with Gasteiger partial charge in [0.25, 0.3) is 0 Å². The van der Waals surface area contributed by atoms with E-state index in [1.54, 1.807) is 0 Å². The predicted octanol–water partition coefficient (Wildman–Crippen LogP) is 8.63. The van der Waals surface area contributed by atoms with Gasteiger partial charge in [-0.25, -0.2) is 4.79 Å². The molecule has 0 fully saturated rings. The van der Waals surface area contributed by atoms with Crippen LogP contribution in [0.2, 0.25) is 0 Å². The first-order chi connectivity index (χ1) is 18.3. The van der Waals surface area contributed by atoms with E-state index in [4.69, 9.17) is 9.84 Å². The molecule has 5 atom stereocenters. The molecular weight excluding hydrogens is 535 g/mol. The minimum Gasteiger partial charge on any atom is -0.479 e. The van der Waals surface area contributed by atoms with Gasteiger partial charge in [-0.3, -0.25) is 0 Å². The predicted molar refractivity (Wildman–Crippen MR) is 170 cm³/mol. The number of rotatable bonds is 22. The van der Waals surface area contributed by atoms with Gasteiger partial charge >= 0.3 is 5.97 Å². The van der Waals surface area contributed by atoms with Crippen molar-refractivity contribution in [1.29, 1.82) is 0 Å². The van der Waals surface area contributed by atoms with E-state index >= 15 is 0 Å². The third-order valence-electron chi connectivity index (χ3n) is 6.96. The summed E-state index contributed by atoms with van der Waals surface area (Å²) in [4.78, 5) is 10.5. The first-order valence-corrected chi connectivity index (χ1v) is 16.9. The molecule has 0 aromatic heterocycles. The largest absolute Gasteiger partial charge is 0.479 e. The number of aliphatic carboxylic acids is 1. The van der Waals surface area contributed by atoms with Crippen molar-refractivity contribution in [3.8, 4) is 0 Å². The number of hydrogen-bond donors (Lipinski definition) is 4. The van der Waals surface area contributed by atoms with Crippen LogP contribution in [0, 0.1) is 5.92 Å². The first-order valence-electron chi connectivity index (χ1n) is 14.7. The summed E-state index contributed by atoms with van der Waals surface area (Å²) in [5.41, 5.74) is 0.237. The molecular formula is C30H55O5PS2. The van der Waals surface area contributed by atoms with E-state index in [0.29, 0.717) is 12.3 Å². The second-order valence-corrected chi connectivity index (χ2v) is 12.1. The average Bonchev–Trinajstić information content (AvgIpc) is 2.93. The Morgan fingerprint density at radius 2 is 1.45 bits per heavy atom. The van der Waals surface area contributed by atoms with Gasteiger partial charge in [0.15, 0.2) is 0 Å². The summed E-state index contributed by atoms with van der Waals surface area (Å²) >= 11 is 8.42. The van der Waals surface area contributed by atoms with E-state index in [2.05, 4.69) is 69.4 Å². The summed E-state index contributed by atoms with van der Waals surface area (Å²) in [6, 6.07) is 11.1. The summed E-state index contributed by atoms with van der Waals surface area (Å²) in [7, 11) is -1.90. The minimum atomic E-state index is -2.36. The molecule has 2 N–H and O–H groups in total. The number of carbonyl (C=O) groups is 1. The Hall–Kier alpha value is -0.460. The van der Waals surface area contributed by atoms with Crippen molar-refractivity contribution >= 4 is 39.7 Å². The van der Waals surface area contributed by atoms with Crippen LogP contribution < -0.4 is 0 Å². The van der Waals surface area contributed by atoms with Crippen molar-refractivity contribution in [2.24, 2.45) is 5.92 Å². The van der Waals surface area contributed by atoms with Crippen LogP contribution in [-0.2, 0) is 14.1 Å². The Kier molecular flexibility index (Phi) is 24.1. The molecule has 0 saturated carbocycles. The van der Waals surface area contributed by atoms with Crippen molar-refractivity contribution in [3.05, 3.63) is 35.9 Å². The molecule has 1 rings (SSSR count). The quantitative estimate of drug-likeness (QED) is 0.0470. The van der Waals surface area contributed by atoms with Crippen molar-refractivity contribution in [2.45, 2.75) is 127 Å². The van der Waals surface area contributed by atoms with Crippen LogP contribution in [0.25, 0.3) is 0 Å². The highest BCUT2D eigenvalue weighted by Crippen LogP contribution is 2.33. The molecule has 0 aliphatic rings. The maximum atomic E-state index is 10.5. The molecule has 0 amide bonds. The molecule has 222 valence electrons. The molecule has 0 aliphatic carbocycles. The normalized spacial score (nSPS) is 15.4. The lowest BCUT2D eigenvalue weighted by molar-refractivity contribution is -0.155. The highest BCUT2D eigenvalue weighted by Gasteiger charge is 2.42. The van der Waals surface area contributed by atoms with Crippen LogP contribution in [0.3, 0.4) is 0 Å². The monoisotopic (exact) mass is 590 g/mol. The van der Waals surface area contributed by atoms with E-state index in [-0.39, 0.29) is 6.61 Å². The summed E-state index contributed by atoms with van der Waals surface area (Å²) in [6.07, 6.45) is 19.0. The number of unbranched alkanes of at least 4 members (excludes halogenated alkanes) is 9. The van der Waals surface area contributed by atoms with Crippen LogP contribution in [-0.4, -0.2) is 39.3 Å². The highest BCUT2D eigenvalue weighted by atomic mass is 32.1. The SMILES string of the molecule is CCCCCCCCCCCCC(CCC)C(CS)c1ccccc1.CCCOC(S)C(O)([PH2]=O)C(=O)O. The van der Waals surface area contributed by atoms with Crippen molar-refractivity contribution in [2.75, 3.05) is 12.4 Å². The average molecular weight is 591 g/mol. The molecule has 5 unspecified atom stereocenters. The van der Waals surface area contributed by atoms with Gasteiger partial charge in [-0.1, -0.05) is 128 Å². The summed E-state index contributed by atoms with van der Waals surface area (Å²) in [5.74, 6) is 0.836. The fraction of sp³-hybridized carbons (Fsp3) is 0.767. The Bertz CT molecular complexity index is 709. The lowest BCUT2D eigenvalue weighted by Crippen LogP contribution is -2.43. The lowest BCUT2D eigenvalue weighted by atomic mass is 9.81. The van der Waals surface area contributed by atoms with E-state index < -0.39 is 25.2 Å². The van der Waals surface area contributed by atoms with Crippen LogP contribution in [0.15, 0.2) is 30.3 Å². The van der Waals surface area contributed by atoms with E-state index in [9.17, 15) is 14.5 Å². The molecule has 0 bridgehead atoms. The number of carboxylic acid groups (broad SMARTS) is 1. The standard InChI is InChI=1S/C24H42S.C6H13O5PS/c1-3-5-6-7-8-9-10-11-12-14-18-22(17-4-2)24(21-25)23-19-15-13-16-20-23;1-2-3-11-5(13)6(9,12-10)4(7)8/h13,15-16,19-20,22,24-25H,3-12,14,17-18,21H2,1-2H3;5,9,13H,2-3,12H2,1H3,(H,7,8). The van der Waals surface area contributed by atoms with Gasteiger partial charge in [0.1, 0.15) is 13.9 Å². The minimum absolute atomic E-state index is 0.267. The molecule has 0 heterocycles. The van der Waals surface area contributed by atoms with Crippen LogP contribution >= 0.6 is 33.7 Å². The Balaban J connectivity index is 0.000000889. The zero-order valence-electron chi connectivity index (χ0n) is 24.0. The number of ether oxygens (including phenoxy) is 1. The van der Waals surface area contributed by atoms with E-state index in [0.717, 1.165) is 11.7 Å². The van der Waals surface area contributed by atoms with E-state index in [1.165, 1.54) is 89.0 Å². The fourth-order valence-corrected chi connectivity index (χ4v) is 5.83. The zero-order chi connectivity index (χ0) is 28.7. The Morgan fingerprint density at radius 1 is 0.895 bits per heavy atom. The van der Waals surface area contributed by atoms with Gasteiger partial charge in [0.2, 0.25) is 5.34 Å². The molecule has 1 aromatic carbocycles. The topological polar surface area (TPSA) is 83.8 Å². The number of thiol groups is 2. The van der Waals surface area contributed by atoms with Crippen molar-refractivity contribution in [1.82, 2.24) is 0 Å². The maximum absolute atomic E-state index is 10.5. The molecule has 8 heteroatoms. The lowest BCUT2D eigenvalue weighted by Gasteiger charge is -2.26. The van der Waals surface area contributed by atoms with Gasteiger partial charge in [0, 0.05) is 6.61 Å². The van der Waals surface area contributed by atoms with Gasteiger partial charge < -0.3 is 19.5 Å². The molecule has 1 aromatic rings. The Morgan fingerprint density at radius 3 is 1.89 bits per heavy atom. The molecule has 0 saturated heterocycles. The smallest absolute Gasteiger partial charge is 0.346 e.